The number of carbonyl (C=O) groups is 1. The van der Waals surface area contributed by atoms with Gasteiger partial charge in [0, 0.05) is 0 Å². The fourth-order valence-electron chi connectivity index (χ4n) is 1.81. The van der Waals surface area contributed by atoms with Crippen LogP contribution in [0.3, 0.4) is 0 Å². The Morgan fingerprint density at radius 2 is 2.05 bits per heavy atom. The van der Waals surface area contributed by atoms with Gasteiger partial charge in [0.1, 0.15) is 6.04 Å². The zero-order chi connectivity index (χ0) is 17.1. The number of halogens is 1. The minimum atomic E-state index is -4.56. The Morgan fingerprint density at radius 1 is 1.45 bits per heavy atom. The lowest BCUT2D eigenvalue weighted by molar-refractivity contribution is -0.390. The molecule has 1 unspecified atom stereocenters. The van der Waals surface area contributed by atoms with E-state index in [0.29, 0.717) is 0 Å². The third kappa shape index (κ3) is 4.21. The van der Waals surface area contributed by atoms with Crippen molar-refractivity contribution < 1.29 is 27.6 Å². The average molecular weight is 334 g/mol. The first-order chi connectivity index (χ1) is 10.1. The van der Waals surface area contributed by atoms with Crippen molar-refractivity contribution in [2.75, 3.05) is 0 Å². The van der Waals surface area contributed by atoms with Crippen LogP contribution in [0.5, 0.6) is 0 Å². The topological polar surface area (TPSA) is 127 Å². The van der Waals surface area contributed by atoms with Crippen molar-refractivity contribution in [1.29, 1.82) is 0 Å². The van der Waals surface area contributed by atoms with Crippen LogP contribution < -0.4 is 4.72 Å². The number of carboxylic acid groups (broad SMARTS) is 1. The van der Waals surface area contributed by atoms with Crippen molar-refractivity contribution in [3.63, 3.8) is 0 Å². The molecule has 0 aromatic heterocycles. The summed E-state index contributed by atoms with van der Waals surface area (Å²) in [6.45, 7) is 3.38. The Balaban J connectivity index is 3.28. The second-order valence-corrected chi connectivity index (χ2v) is 6.67. The Morgan fingerprint density at radius 3 is 2.50 bits per heavy atom. The maximum atomic E-state index is 13.5. The summed E-state index contributed by atoms with van der Waals surface area (Å²) in [4.78, 5) is 19.9. The first-order valence-corrected chi connectivity index (χ1v) is 7.72. The number of nitrogens with zero attached hydrogens (tertiary/aromatic N) is 1. The summed E-state index contributed by atoms with van der Waals surface area (Å²) in [6, 6.07) is 1.13. The second kappa shape index (κ2) is 6.79. The molecule has 0 aliphatic heterocycles. The molecule has 0 radical (unpaired) electrons. The van der Waals surface area contributed by atoms with Crippen molar-refractivity contribution in [2.24, 2.45) is 5.92 Å². The minimum Gasteiger partial charge on any atom is -0.480 e. The van der Waals surface area contributed by atoms with Crippen LogP contribution in [0.25, 0.3) is 0 Å². The van der Waals surface area contributed by atoms with Gasteiger partial charge in [-0.3, -0.25) is 14.9 Å². The molecule has 0 aliphatic carbocycles. The molecule has 1 aromatic rings. The van der Waals surface area contributed by atoms with E-state index in [2.05, 4.69) is 0 Å². The van der Waals surface area contributed by atoms with Crippen LogP contribution in [0.4, 0.5) is 10.1 Å². The number of nitrogens with one attached hydrogen (secondary N) is 1. The molecule has 0 heterocycles. The summed E-state index contributed by atoms with van der Waals surface area (Å²) in [5.74, 6) is -2.87. The van der Waals surface area contributed by atoms with Gasteiger partial charge in [-0.25, -0.2) is 8.42 Å². The van der Waals surface area contributed by atoms with Gasteiger partial charge < -0.3 is 5.11 Å². The normalized spacial score (nSPS) is 13.1. The van der Waals surface area contributed by atoms with E-state index in [4.69, 9.17) is 5.11 Å². The highest BCUT2D eigenvalue weighted by molar-refractivity contribution is 7.89. The molecule has 0 aliphatic rings. The number of para-hydroxylation sites is 1. The van der Waals surface area contributed by atoms with Gasteiger partial charge in [-0.2, -0.15) is 9.11 Å². The van der Waals surface area contributed by atoms with E-state index < -0.39 is 43.4 Å². The van der Waals surface area contributed by atoms with Crippen LogP contribution in [-0.2, 0) is 14.8 Å². The number of sulfonamides is 1. The second-order valence-electron chi connectivity index (χ2n) is 4.99. The standard InChI is InChI=1S/C12H15FN2O6S/c1-7(2)6-9(12(16)17)14-22(20,21)10-5-3-4-8(13)11(10)15(18)19/h3-5,7,9,14H,6H2,1-2H3,(H,16,17). The van der Waals surface area contributed by atoms with Crippen LogP contribution in [0.15, 0.2) is 23.1 Å². The molecule has 1 aromatic carbocycles. The molecule has 1 rings (SSSR count). The molecule has 8 nitrogen and oxygen atoms in total. The summed E-state index contributed by atoms with van der Waals surface area (Å²) in [5, 5.41) is 19.9. The molecule has 0 fully saturated rings. The number of hydrogen-bond acceptors (Lipinski definition) is 5. The van der Waals surface area contributed by atoms with E-state index in [0.717, 1.165) is 18.2 Å². The number of aliphatic carboxylic acids is 1. The van der Waals surface area contributed by atoms with Gasteiger partial charge in [-0.05, 0) is 24.5 Å². The number of nitro groups is 1. The van der Waals surface area contributed by atoms with Gasteiger partial charge in [-0.1, -0.05) is 19.9 Å². The Kier molecular flexibility index (Phi) is 5.55. The molecule has 22 heavy (non-hydrogen) atoms. The Labute approximate surface area is 126 Å². The van der Waals surface area contributed by atoms with Crippen LogP contribution in [0.1, 0.15) is 20.3 Å². The average Bonchev–Trinajstić information content (AvgIpc) is 2.36. The maximum Gasteiger partial charge on any atom is 0.324 e. The highest BCUT2D eigenvalue weighted by Crippen LogP contribution is 2.27. The van der Waals surface area contributed by atoms with Crippen molar-refractivity contribution in [3.05, 3.63) is 34.1 Å². The fraction of sp³-hybridized carbons (Fsp3) is 0.417. The molecule has 0 saturated carbocycles. The van der Waals surface area contributed by atoms with E-state index in [-0.39, 0.29) is 12.3 Å². The van der Waals surface area contributed by atoms with Crippen LogP contribution in [-0.4, -0.2) is 30.5 Å². The summed E-state index contributed by atoms with van der Waals surface area (Å²) in [5.41, 5.74) is -1.22. The molecule has 10 heteroatoms. The molecule has 0 amide bonds. The molecule has 2 N–H and O–H groups in total. The Hall–Kier alpha value is -2.07. The number of rotatable bonds is 7. The zero-order valence-corrected chi connectivity index (χ0v) is 12.6. The first-order valence-electron chi connectivity index (χ1n) is 6.24. The quantitative estimate of drug-likeness (QED) is 0.575. The smallest absolute Gasteiger partial charge is 0.324 e. The van der Waals surface area contributed by atoms with Gasteiger partial charge in [0.25, 0.3) is 0 Å². The van der Waals surface area contributed by atoms with Gasteiger partial charge in [0.05, 0.1) is 4.92 Å². The van der Waals surface area contributed by atoms with Crippen molar-refractivity contribution in [2.45, 2.75) is 31.2 Å². The number of hydrogen-bond donors (Lipinski definition) is 2. The third-order valence-corrected chi connectivity index (χ3v) is 4.23. The van der Waals surface area contributed by atoms with E-state index in [1.165, 1.54) is 0 Å². The SMILES string of the molecule is CC(C)CC(NS(=O)(=O)c1cccc(F)c1[N+](=O)[O-])C(=O)O. The largest absolute Gasteiger partial charge is 0.480 e. The van der Waals surface area contributed by atoms with E-state index in [9.17, 15) is 27.7 Å². The Bertz CT molecular complexity index is 689. The number of carboxylic acids is 1. The van der Waals surface area contributed by atoms with Crippen LogP contribution in [0, 0.1) is 21.8 Å². The summed E-state index contributed by atoms with van der Waals surface area (Å²) in [7, 11) is -4.56. The minimum absolute atomic E-state index is 0.0162. The van der Waals surface area contributed by atoms with E-state index in [1.54, 1.807) is 13.8 Å². The first kappa shape index (κ1) is 18.0. The molecular formula is C12H15FN2O6S. The molecular weight excluding hydrogens is 319 g/mol. The molecule has 0 spiro atoms. The van der Waals surface area contributed by atoms with Crippen LogP contribution in [0.2, 0.25) is 0 Å². The van der Waals surface area contributed by atoms with Gasteiger partial charge >= 0.3 is 11.7 Å². The summed E-state index contributed by atoms with van der Waals surface area (Å²) in [6.07, 6.45) is -0.0162. The number of benzene rings is 1. The van der Waals surface area contributed by atoms with Crippen molar-refractivity contribution in [1.82, 2.24) is 4.72 Å². The third-order valence-electron chi connectivity index (χ3n) is 2.72. The summed E-state index contributed by atoms with van der Waals surface area (Å²) >= 11 is 0. The molecule has 0 saturated heterocycles. The molecule has 1 atom stereocenters. The van der Waals surface area contributed by atoms with E-state index in [1.807, 2.05) is 4.72 Å². The highest BCUT2D eigenvalue weighted by Gasteiger charge is 2.33. The lowest BCUT2D eigenvalue weighted by atomic mass is 10.1. The molecule has 0 bridgehead atoms. The summed E-state index contributed by atoms with van der Waals surface area (Å²) < 4.78 is 39.7. The lowest BCUT2D eigenvalue weighted by Crippen LogP contribution is -2.41. The highest BCUT2D eigenvalue weighted by atomic mass is 32.2. The fourth-order valence-corrected chi connectivity index (χ4v) is 3.19. The van der Waals surface area contributed by atoms with Crippen LogP contribution >= 0.6 is 0 Å². The number of nitro benzene ring substituents is 1. The maximum absolute atomic E-state index is 13.5. The van der Waals surface area contributed by atoms with Gasteiger partial charge in [0.15, 0.2) is 4.90 Å². The predicted octanol–water partition coefficient (Wildman–Crippen LogP) is 1.51. The van der Waals surface area contributed by atoms with Gasteiger partial charge in [0.2, 0.25) is 15.8 Å². The van der Waals surface area contributed by atoms with Crippen molar-refractivity contribution in [3.8, 4) is 0 Å². The van der Waals surface area contributed by atoms with Gasteiger partial charge in [-0.15, -0.1) is 0 Å². The predicted molar refractivity (Wildman–Crippen MR) is 74.3 cm³/mol. The monoisotopic (exact) mass is 334 g/mol. The molecule has 122 valence electrons. The zero-order valence-electron chi connectivity index (χ0n) is 11.8. The van der Waals surface area contributed by atoms with E-state index >= 15 is 0 Å². The van der Waals surface area contributed by atoms with Crippen molar-refractivity contribution >= 4 is 21.7 Å². The lowest BCUT2D eigenvalue weighted by Gasteiger charge is -2.16.